The van der Waals surface area contributed by atoms with Gasteiger partial charge in [-0.2, -0.15) is 0 Å². The number of halogens is 1. The monoisotopic (exact) mass is 317 g/mol. The molecule has 124 valence electrons. The molecule has 0 saturated carbocycles. The van der Waals surface area contributed by atoms with Gasteiger partial charge < -0.3 is 10.1 Å². The number of hydrogen-bond donors (Lipinski definition) is 1. The van der Waals surface area contributed by atoms with Crippen LogP contribution in [0.2, 0.25) is 0 Å². The molecule has 1 N–H and O–H groups in total. The zero-order valence-corrected chi connectivity index (χ0v) is 14.2. The maximum atomic E-state index is 5.50. The van der Waals surface area contributed by atoms with Crippen molar-refractivity contribution in [3.8, 4) is 0 Å². The molecular formula is C16H32ClN3O. The molecule has 5 heteroatoms. The molecule has 0 amide bonds. The van der Waals surface area contributed by atoms with Crippen LogP contribution in [0.5, 0.6) is 0 Å². The Balaban J connectivity index is 0.00000161. The van der Waals surface area contributed by atoms with E-state index in [-0.39, 0.29) is 12.4 Å². The number of piperazine rings is 1. The van der Waals surface area contributed by atoms with Gasteiger partial charge in [-0.3, -0.25) is 9.80 Å². The van der Waals surface area contributed by atoms with Crippen LogP contribution in [0.25, 0.3) is 0 Å². The van der Waals surface area contributed by atoms with Gasteiger partial charge in [0.1, 0.15) is 0 Å². The molecule has 21 heavy (non-hydrogen) atoms. The van der Waals surface area contributed by atoms with Crippen LogP contribution < -0.4 is 5.32 Å². The van der Waals surface area contributed by atoms with Crippen molar-refractivity contribution >= 4 is 12.4 Å². The van der Waals surface area contributed by atoms with Crippen molar-refractivity contribution in [1.82, 2.24) is 15.1 Å². The first-order valence-corrected chi connectivity index (χ1v) is 8.59. The first-order chi connectivity index (χ1) is 9.83. The predicted molar refractivity (Wildman–Crippen MR) is 89.3 cm³/mol. The lowest BCUT2D eigenvalue weighted by Crippen LogP contribution is -2.56. The molecular weight excluding hydrogens is 286 g/mol. The highest BCUT2D eigenvalue weighted by Crippen LogP contribution is 2.21. The maximum Gasteiger partial charge on any atom is 0.0480 e. The summed E-state index contributed by atoms with van der Waals surface area (Å²) in [6.07, 6.45) is 5.21. The third-order valence-electron chi connectivity index (χ3n) is 5.46. The summed E-state index contributed by atoms with van der Waals surface area (Å²) in [7, 11) is 0. The molecule has 0 spiro atoms. The minimum Gasteiger partial charge on any atom is -0.381 e. The zero-order valence-electron chi connectivity index (χ0n) is 13.4. The smallest absolute Gasteiger partial charge is 0.0480 e. The van der Waals surface area contributed by atoms with E-state index in [0.717, 1.165) is 31.2 Å². The Kier molecular flexibility index (Phi) is 7.23. The third-order valence-corrected chi connectivity index (χ3v) is 5.46. The summed E-state index contributed by atoms with van der Waals surface area (Å²) in [6, 6.07) is 1.51. The van der Waals surface area contributed by atoms with E-state index in [4.69, 9.17) is 4.74 Å². The molecule has 3 saturated heterocycles. The summed E-state index contributed by atoms with van der Waals surface area (Å²) in [5, 5.41) is 3.47. The van der Waals surface area contributed by atoms with E-state index in [2.05, 4.69) is 22.0 Å². The van der Waals surface area contributed by atoms with Gasteiger partial charge in [0.15, 0.2) is 0 Å². The molecule has 0 aromatic rings. The average Bonchev–Trinajstić information content (AvgIpc) is 2.51. The van der Waals surface area contributed by atoms with Gasteiger partial charge in [0.2, 0.25) is 0 Å². The first-order valence-electron chi connectivity index (χ1n) is 8.59. The largest absolute Gasteiger partial charge is 0.381 e. The van der Waals surface area contributed by atoms with Crippen molar-refractivity contribution in [1.29, 1.82) is 0 Å². The Morgan fingerprint density at radius 3 is 2.43 bits per heavy atom. The highest BCUT2D eigenvalue weighted by atomic mass is 35.5. The number of hydrogen-bond acceptors (Lipinski definition) is 4. The topological polar surface area (TPSA) is 27.7 Å². The lowest BCUT2D eigenvalue weighted by atomic mass is 9.96. The van der Waals surface area contributed by atoms with Crippen molar-refractivity contribution in [2.45, 2.75) is 44.7 Å². The summed E-state index contributed by atoms with van der Waals surface area (Å²) >= 11 is 0. The van der Waals surface area contributed by atoms with Crippen LogP contribution in [0.15, 0.2) is 0 Å². The van der Waals surface area contributed by atoms with Gasteiger partial charge in [0.05, 0.1) is 0 Å². The number of rotatable bonds is 3. The van der Waals surface area contributed by atoms with E-state index in [1.165, 1.54) is 65.0 Å². The van der Waals surface area contributed by atoms with Gasteiger partial charge in [0, 0.05) is 51.5 Å². The Bertz CT molecular complexity index is 293. The van der Waals surface area contributed by atoms with Gasteiger partial charge in [-0.15, -0.1) is 12.4 Å². The fraction of sp³-hybridized carbons (Fsp3) is 1.00. The van der Waals surface area contributed by atoms with Gasteiger partial charge in [0.25, 0.3) is 0 Å². The van der Waals surface area contributed by atoms with E-state index < -0.39 is 0 Å². The van der Waals surface area contributed by atoms with Crippen LogP contribution >= 0.6 is 12.4 Å². The molecule has 3 aliphatic heterocycles. The molecule has 0 radical (unpaired) electrons. The zero-order chi connectivity index (χ0) is 13.8. The number of piperidine rings is 1. The molecule has 0 aromatic carbocycles. The van der Waals surface area contributed by atoms with E-state index in [1.54, 1.807) is 0 Å². The summed E-state index contributed by atoms with van der Waals surface area (Å²) in [4.78, 5) is 5.47. The van der Waals surface area contributed by atoms with Crippen molar-refractivity contribution in [3.63, 3.8) is 0 Å². The summed E-state index contributed by atoms with van der Waals surface area (Å²) in [6.45, 7) is 11.9. The summed E-state index contributed by atoms with van der Waals surface area (Å²) < 4.78 is 5.50. The fourth-order valence-corrected chi connectivity index (χ4v) is 4.07. The molecule has 3 fully saturated rings. The first kappa shape index (κ1) is 17.5. The van der Waals surface area contributed by atoms with Gasteiger partial charge in [-0.1, -0.05) is 0 Å². The van der Waals surface area contributed by atoms with Crippen molar-refractivity contribution in [3.05, 3.63) is 0 Å². The highest BCUT2D eigenvalue weighted by molar-refractivity contribution is 5.85. The standard InChI is InChI=1S/C16H31N3O.ClH/c1-14-12-19(16-4-10-20-11-5-16)9-8-18(14)13-15-2-6-17-7-3-15;/h14-17H,2-13H2,1H3;1H/t14-;/m1./s1. The van der Waals surface area contributed by atoms with Crippen molar-refractivity contribution < 1.29 is 4.74 Å². The number of ether oxygens (including phenoxy) is 1. The second-order valence-corrected chi connectivity index (χ2v) is 6.88. The summed E-state index contributed by atoms with van der Waals surface area (Å²) in [5.41, 5.74) is 0. The molecule has 0 aliphatic carbocycles. The molecule has 0 unspecified atom stereocenters. The second-order valence-electron chi connectivity index (χ2n) is 6.88. The Morgan fingerprint density at radius 1 is 1.05 bits per heavy atom. The van der Waals surface area contributed by atoms with Crippen LogP contribution in [-0.4, -0.2) is 74.4 Å². The fourth-order valence-electron chi connectivity index (χ4n) is 4.07. The maximum absolute atomic E-state index is 5.50. The Labute approximate surface area is 136 Å². The Hall–Kier alpha value is 0.130. The molecule has 4 nitrogen and oxygen atoms in total. The van der Waals surface area contributed by atoms with Gasteiger partial charge in [-0.05, 0) is 51.6 Å². The number of nitrogens with zero attached hydrogens (tertiary/aromatic N) is 2. The van der Waals surface area contributed by atoms with E-state index in [9.17, 15) is 0 Å². The van der Waals surface area contributed by atoms with E-state index in [1.807, 2.05) is 0 Å². The van der Waals surface area contributed by atoms with Crippen LogP contribution in [0, 0.1) is 5.92 Å². The van der Waals surface area contributed by atoms with Crippen LogP contribution in [0.1, 0.15) is 32.6 Å². The van der Waals surface area contributed by atoms with Crippen LogP contribution in [-0.2, 0) is 4.74 Å². The highest BCUT2D eigenvalue weighted by Gasteiger charge is 2.30. The summed E-state index contributed by atoms with van der Waals surface area (Å²) in [5.74, 6) is 0.924. The van der Waals surface area contributed by atoms with Gasteiger partial charge >= 0.3 is 0 Å². The van der Waals surface area contributed by atoms with Gasteiger partial charge in [-0.25, -0.2) is 0 Å². The Morgan fingerprint density at radius 2 is 1.76 bits per heavy atom. The number of nitrogens with one attached hydrogen (secondary N) is 1. The quantitative estimate of drug-likeness (QED) is 0.855. The predicted octanol–water partition coefficient (Wildman–Crippen LogP) is 1.59. The van der Waals surface area contributed by atoms with Crippen molar-refractivity contribution in [2.24, 2.45) is 5.92 Å². The molecule has 3 rings (SSSR count). The third kappa shape index (κ3) is 4.80. The average molecular weight is 318 g/mol. The molecule has 3 heterocycles. The molecule has 1 atom stereocenters. The second kappa shape index (κ2) is 8.68. The minimum atomic E-state index is 0. The molecule has 0 aromatic heterocycles. The van der Waals surface area contributed by atoms with E-state index >= 15 is 0 Å². The SMILES string of the molecule is C[C@@H]1CN(C2CCOCC2)CCN1CC1CCNCC1.Cl. The normalized spacial score (nSPS) is 31.0. The van der Waals surface area contributed by atoms with Crippen molar-refractivity contribution in [2.75, 3.05) is 52.5 Å². The molecule has 0 bridgehead atoms. The lowest BCUT2D eigenvalue weighted by Gasteiger charge is -2.45. The lowest BCUT2D eigenvalue weighted by molar-refractivity contribution is -0.00588. The van der Waals surface area contributed by atoms with Crippen LogP contribution in [0.4, 0.5) is 0 Å². The van der Waals surface area contributed by atoms with Crippen LogP contribution in [0.3, 0.4) is 0 Å². The molecule has 3 aliphatic rings. The minimum absolute atomic E-state index is 0. The van der Waals surface area contributed by atoms with E-state index in [0.29, 0.717) is 0 Å².